The summed E-state index contributed by atoms with van der Waals surface area (Å²) in [5.74, 6) is 2.18. The SMILES string of the molecule is CCCc1noc(-c2cn(C3CCN(C(=O)c4ccc(OC)c(OC)c4)CC3)nn2)n1. The molecule has 0 bridgehead atoms. The molecule has 0 aliphatic carbocycles. The first-order chi connectivity index (χ1) is 15.1. The van der Waals surface area contributed by atoms with Crippen molar-refractivity contribution in [3.63, 3.8) is 0 Å². The predicted octanol–water partition coefficient (Wildman–Crippen LogP) is 2.78. The number of rotatable bonds is 7. The Morgan fingerprint density at radius 1 is 1.19 bits per heavy atom. The summed E-state index contributed by atoms with van der Waals surface area (Å²) < 4.78 is 17.7. The first kappa shape index (κ1) is 20.8. The number of piperidine rings is 1. The zero-order chi connectivity index (χ0) is 21.8. The summed E-state index contributed by atoms with van der Waals surface area (Å²) in [6, 6.07) is 5.39. The van der Waals surface area contributed by atoms with Crippen LogP contribution in [0, 0.1) is 0 Å². The zero-order valence-corrected chi connectivity index (χ0v) is 17.9. The summed E-state index contributed by atoms with van der Waals surface area (Å²) in [5.41, 5.74) is 1.15. The number of methoxy groups -OCH3 is 2. The van der Waals surface area contributed by atoms with Crippen LogP contribution in [0.15, 0.2) is 28.9 Å². The molecule has 1 amide bonds. The second kappa shape index (κ2) is 9.15. The maximum Gasteiger partial charge on any atom is 0.280 e. The lowest BCUT2D eigenvalue weighted by Gasteiger charge is -2.32. The van der Waals surface area contributed by atoms with Crippen LogP contribution in [0.2, 0.25) is 0 Å². The minimum Gasteiger partial charge on any atom is -0.493 e. The fourth-order valence-electron chi connectivity index (χ4n) is 3.72. The molecule has 10 nitrogen and oxygen atoms in total. The Bertz CT molecular complexity index is 1040. The largest absolute Gasteiger partial charge is 0.493 e. The van der Waals surface area contributed by atoms with E-state index in [1.165, 1.54) is 0 Å². The van der Waals surface area contributed by atoms with Gasteiger partial charge in [0.05, 0.1) is 26.5 Å². The molecular formula is C21H26N6O4. The molecule has 0 saturated carbocycles. The van der Waals surface area contributed by atoms with Gasteiger partial charge in [-0.15, -0.1) is 5.10 Å². The predicted molar refractivity (Wildman–Crippen MR) is 111 cm³/mol. The molecule has 1 aliphatic heterocycles. The molecule has 2 aromatic heterocycles. The quantitative estimate of drug-likeness (QED) is 0.567. The normalized spacial score (nSPS) is 14.6. The molecule has 0 atom stereocenters. The summed E-state index contributed by atoms with van der Waals surface area (Å²) in [5, 5.41) is 12.4. The smallest absolute Gasteiger partial charge is 0.280 e. The number of ether oxygens (including phenoxy) is 2. The monoisotopic (exact) mass is 426 g/mol. The second-order valence-corrected chi connectivity index (χ2v) is 7.44. The van der Waals surface area contributed by atoms with Crippen molar-refractivity contribution in [3.8, 4) is 23.1 Å². The van der Waals surface area contributed by atoms with Crippen LogP contribution in [0.3, 0.4) is 0 Å². The molecule has 164 valence electrons. The van der Waals surface area contributed by atoms with Crippen LogP contribution in [-0.4, -0.2) is 63.3 Å². The molecule has 1 fully saturated rings. The summed E-state index contributed by atoms with van der Waals surface area (Å²) >= 11 is 0. The average Bonchev–Trinajstić information content (AvgIpc) is 3.48. The number of hydrogen-bond acceptors (Lipinski definition) is 8. The Morgan fingerprint density at radius 2 is 1.97 bits per heavy atom. The van der Waals surface area contributed by atoms with Gasteiger partial charge in [-0.05, 0) is 37.5 Å². The van der Waals surface area contributed by atoms with Gasteiger partial charge in [-0.1, -0.05) is 17.3 Å². The topological polar surface area (TPSA) is 108 Å². The van der Waals surface area contributed by atoms with Gasteiger partial charge < -0.3 is 18.9 Å². The first-order valence-electron chi connectivity index (χ1n) is 10.4. The Labute approximate surface area is 180 Å². The van der Waals surface area contributed by atoms with E-state index in [0.717, 1.165) is 25.7 Å². The van der Waals surface area contributed by atoms with Crippen LogP contribution < -0.4 is 9.47 Å². The van der Waals surface area contributed by atoms with E-state index in [-0.39, 0.29) is 11.9 Å². The number of carbonyl (C=O) groups is 1. The van der Waals surface area contributed by atoms with E-state index in [1.54, 1.807) is 32.4 Å². The molecule has 0 unspecified atom stereocenters. The number of likely N-dealkylation sites (tertiary alicyclic amines) is 1. The third kappa shape index (κ3) is 4.37. The molecule has 0 radical (unpaired) electrons. The van der Waals surface area contributed by atoms with Crippen molar-refractivity contribution in [2.45, 2.75) is 38.6 Å². The van der Waals surface area contributed by atoms with Crippen molar-refractivity contribution in [2.75, 3.05) is 27.3 Å². The number of hydrogen-bond donors (Lipinski definition) is 0. The molecule has 1 aliphatic rings. The van der Waals surface area contributed by atoms with Gasteiger partial charge in [0.25, 0.3) is 11.8 Å². The Kier molecular flexibility index (Phi) is 6.15. The van der Waals surface area contributed by atoms with Crippen LogP contribution in [0.5, 0.6) is 11.5 Å². The van der Waals surface area contributed by atoms with Gasteiger partial charge in [-0.3, -0.25) is 4.79 Å². The van der Waals surface area contributed by atoms with Crippen molar-refractivity contribution in [2.24, 2.45) is 0 Å². The van der Waals surface area contributed by atoms with Crippen LogP contribution in [0.1, 0.15) is 48.4 Å². The maximum atomic E-state index is 12.9. The fourth-order valence-corrected chi connectivity index (χ4v) is 3.72. The minimum absolute atomic E-state index is 0.0204. The number of aromatic nitrogens is 5. The minimum atomic E-state index is -0.0204. The number of aryl methyl sites for hydroxylation is 1. The molecule has 0 N–H and O–H groups in total. The van der Waals surface area contributed by atoms with E-state index in [1.807, 2.05) is 15.8 Å². The highest BCUT2D eigenvalue weighted by Crippen LogP contribution is 2.29. The van der Waals surface area contributed by atoms with Gasteiger partial charge in [0.2, 0.25) is 0 Å². The zero-order valence-electron chi connectivity index (χ0n) is 17.9. The van der Waals surface area contributed by atoms with Gasteiger partial charge in [0.15, 0.2) is 23.0 Å². The molecular weight excluding hydrogens is 400 g/mol. The lowest BCUT2D eigenvalue weighted by atomic mass is 10.0. The molecule has 1 aromatic carbocycles. The molecule has 0 spiro atoms. The number of benzene rings is 1. The van der Waals surface area contributed by atoms with E-state index in [4.69, 9.17) is 14.0 Å². The second-order valence-electron chi connectivity index (χ2n) is 7.44. The van der Waals surface area contributed by atoms with Gasteiger partial charge in [0.1, 0.15) is 0 Å². The van der Waals surface area contributed by atoms with Crippen LogP contribution in [-0.2, 0) is 6.42 Å². The van der Waals surface area contributed by atoms with Crippen molar-refractivity contribution >= 4 is 5.91 Å². The standard InChI is InChI=1S/C21H26N6O4/c1-4-5-19-22-20(31-24-19)16-13-27(25-23-16)15-8-10-26(11-9-15)21(28)14-6-7-17(29-2)18(12-14)30-3/h6-7,12-13,15H,4-5,8-11H2,1-3H3. The van der Waals surface area contributed by atoms with Crippen LogP contribution in [0.4, 0.5) is 0 Å². The third-order valence-electron chi connectivity index (χ3n) is 5.43. The molecule has 3 heterocycles. The van der Waals surface area contributed by atoms with Crippen molar-refractivity contribution in [3.05, 3.63) is 35.8 Å². The first-order valence-corrected chi connectivity index (χ1v) is 10.4. The van der Waals surface area contributed by atoms with E-state index in [0.29, 0.717) is 47.6 Å². The summed E-state index contributed by atoms with van der Waals surface area (Å²) in [6.45, 7) is 3.33. The lowest BCUT2D eigenvalue weighted by molar-refractivity contribution is 0.0689. The summed E-state index contributed by atoms with van der Waals surface area (Å²) in [6.07, 6.45) is 5.12. The van der Waals surface area contributed by atoms with E-state index >= 15 is 0 Å². The highest BCUT2D eigenvalue weighted by atomic mass is 16.5. The van der Waals surface area contributed by atoms with Gasteiger partial charge in [-0.2, -0.15) is 4.98 Å². The average molecular weight is 426 g/mol. The summed E-state index contributed by atoms with van der Waals surface area (Å²) in [7, 11) is 3.13. The van der Waals surface area contributed by atoms with Crippen LogP contribution in [0.25, 0.3) is 11.6 Å². The van der Waals surface area contributed by atoms with E-state index in [2.05, 4.69) is 27.4 Å². The molecule has 4 rings (SSSR count). The third-order valence-corrected chi connectivity index (χ3v) is 5.43. The van der Waals surface area contributed by atoms with Crippen LogP contribution >= 0.6 is 0 Å². The van der Waals surface area contributed by atoms with E-state index < -0.39 is 0 Å². The highest BCUT2D eigenvalue weighted by molar-refractivity contribution is 5.95. The van der Waals surface area contributed by atoms with E-state index in [9.17, 15) is 4.79 Å². The highest BCUT2D eigenvalue weighted by Gasteiger charge is 2.26. The number of carbonyl (C=O) groups excluding carboxylic acids is 1. The lowest BCUT2D eigenvalue weighted by Crippen LogP contribution is -2.39. The molecule has 10 heteroatoms. The van der Waals surface area contributed by atoms with Gasteiger partial charge in [-0.25, -0.2) is 4.68 Å². The Balaban J connectivity index is 1.38. The van der Waals surface area contributed by atoms with Crippen molar-refractivity contribution in [1.29, 1.82) is 0 Å². The summed E-state index contributed by atoms with van der Waals surface area (Å²) in [4.78, 5) is 19.1. The van der Waals surface area contributed by atoms with Gasteiger partial charge in [0, 0.05) is 25.1 Å². The van der Waals surface area contributed by atoms with Crippen molar-refractivity contribution < 1.29 is 18.8 Å². The Morgan fingerprint density at radius 3 is 2.68 bits per heavy atom. The van der Waals surface area contributed by atoms with Crippen molar-refractivity contribution in [1.82, 2.24) is 30.0 Å². The number of nitrogens with zero attached hydrogens (tertiary/aromatic N) is 6. The molecule has 1 saturated heterocycles. The Hall–Kier alpha value is -3.43. The number of amides is 1. The molecule has 3 aromatic rings. The fraction of sp³-hybridized carbons (Fsp3) is 0.476. The maximum absolute atomic E-state index is 12.9. The molecule has 31 heavy (non-hydrogen) atoms. The van der Waals surface area contributed by atoms with Gasteiger partial charge >= 0.3 is 0 Å².